The zero-order chi connectivity index (χ0) is 10.0. The standard InChI is InChI=1S/C11H11NO2/c1-11(13-7-8-14-11)9-3-5-10(12-2)6-4-9/h3-6H,7-8H2,1H3. The van der Waals surface area contributed by atoms with E-state index in [0.29, 0.717) is 18.9 Å². The highest BCUT2D eigenvalue weighted by Gasteiger charge is 2.32. The van der Waals surface area contributed by atoms with E-state index >= 15 is 0 Å². The summed E-state index contributed by atoms with van der Waals surface area (Å²) in [5.41, 5.74) is 1.60. The molecule has 1 fully saturated rings. The second kappa shape index (κ2) is 3.41. The maximum atomic E-state index is 6.83. The Balaban J connectivity index is 2.29. The Morgan fingerprint density at radius 2 is 1.79 bits per heavy atom. The van der Waals surface area contributed by atoms with Gasteiger partial charge in [0.2, 0.25) is 0 Å². The fraction of sp³-hybridized carbons (Fsp3) is 0.364. The van der Waals surface area contributed by atoms with Gasteiger partial charge < -0.3 is 9.47 Å². The summed E-state index contributed by atoms with van der Waals surface area (Å²) < 4.78 is 11.0. The molecule has 0 atom stereocenters. The molecule has 0 aromatic heterocycles. The van der Waals surface area contributed by atoms with Crippen LogP contribution < -0.4 is 0 Å². The highest BCUT2D eigenvalue weighted by molar-refractivity contribution is 5.46. The van der Waals surface area contributed by atoms with Gasteiger partial charge in [0.1, 0.15) is 0 Å². The molecule has 1 aliphatic heterocycles. The molecule has 1 aromatic carbocycles. The number of benzene rings is 1. The van der Waals surface area contributed by atoms with E-state index < -0.39 is 5.79 Å². The molecule has 0 aliphatic carbocycles. The van der Waals surface area contributed by atoms with Crippen LogP contribution in [0.25, 0.3) is 4.85 Å². The molecule has 0 bridgehead atoms. The second-order valence-corrected chi connectivity index (χ2v) is 3.30. The molecule has 1 aromatic rings. The van der Waals surface area contributed by atoms with Crippen LogP contribution in [0.3, 0.4) is 0 Å². The maximum Gasteiger partial charge on any atom is 0.192 e. The number of ether oxygens (including phenoxy) is 2. The molecule has 2 rings (SSSR count). The molecule has 1 heterocycles. The summed E-state index contributed by atoms with van der Waals surface area (Å²) in [5, 5.41) is 0. The Bertz CT molecular complexity index is 358. The van der Waals surface area contributed by atoms with Gasteiger partial charge >= 0.3 is 0 Å². The van der Waals surface area contributed by atoms with Crippen molar-refractivity contribution < 1.29 is 9.47 Å². The van der Waals surface area contributed by atoms with Gasteiger partial charge in [0.05, 0.1) is 19.8 Å². The van der Waals surface area contributed by atoms with Crippen LogP contribution in [0.5, 0.6) is 0 Å². The van der Waals surface area contributed by atoms with Crippen molar-refractivity contribution >= 4 is 5.69 Å². The van der Waals surface area contributed by atoms with Crippen molar-refractivity contribution in [3.05, 3.63) is 41.2 Å². The first-order valence-corrected chi connectivity index (χ1v) is 4.50. The average molecular weight is 189 g/mol. The van der Waals surface area contributed by atoms with Gasteiger partial charge in [-0.1, -0.05) is 24.3 Å². The van der Waals surface area contributed by atoms with Crippen molar-refractivity contribution in [1.82, 2.24) is 0 Å². The predicted octanol–water partition coefficient (Wildman–Crippen LogP) is 2.46. The summed E-state index contributed by atoms with van der Waals surface area (Å²) in [7, 11) is 0. The molecule has 1 saturated heterocycles. The quantitative estimate of drug-likeness (QED) is 0.633. The molecular weight excluding hydrogens is 178 g/mol. The van der Waals surface area contributed by atoms with Crippen molar-refractivity contribution in [2.45, 2.75) is 12.7 Å². The number of rotatable bonds is 1. The minimum atomic E-state index is -0.624. The molecule has 0 saturated carbocycles. The lowest BCUT2D eigenvalue weighted by Gasteiger charge is -2.22. The molecule has 0 radical (unpaired) electrons. The van der Waals surface area contributed by atoms with E-state index in [1.165, 1.54) is 0 Å². The Labute approximate surface area is 83.1 Å². The molecule has 0 spiro atoms. The fourth-order valence-corrected chi connectivity index (χ4v) is 1.52. The van der Waals surface area contributed by atoms with Crippen LogP contribution in [-0.2, 0) is 15.3 Å². The third-order valence-corrected chi connectivity index (χ3v) is 2.36. The van der Waals surface area contributed by atoms with Gasteiger partial charge in [0.25, 0.3) is 0 Å². The third kappa shape index (κ3) is 1.50. The number of hydrogen-bond donors (Lipinski definition) is 0. The third-order valence-electron chi connectivity index (χ3n) is 2.36. The summed E-state index contributed by atoms with van der Waals surface area (Å²) in [6.45, 7) is 9.98. The van der Waals surface area contributed by atoms with Gasteiger partial charge in [0.15, 0.2) is 11.5 Å². The van der Waals surface area contributed by atoms with Gasteiger partial charge in [-0.25, -0.2) is 4.85 Å². The van der Waals surface area contributed by atoms with Crippen molar-refractivity contribution in [2.75, 3.05) is 13.2 Å². The van der Waals surface area contributed by atoms with Crippen molar-refractivity contribution in [3.8, 4) is 0 Å². The molecule has 0 amide bonds. The molecule has 3 nitrogen and oxygen atoms in total. The summed E-state index contributed by atoms with van der Waals surface area (Å²) in [4.78, 5) is 3.33. The van der Waals surface area contributed by atoms with Gasteiger partial charge in [-0.15, -0.1) is 0 Å². The van der Waals surface area contributed by atoms with Crippen molar-refractivity contribution in [2.24, 2.45) is 0 Å². The Kier molecular flexibility index (Phi) is 2.24. The van der Waals surface area contributed by atoms with Crippen molar-refractivity contribution in [3.63, 3.8) is 0 Å². The van der Waals surface area contributed by atoms with E-state index in [4.69, 9.17) is 16.0 Å². The normalized spacial score (nSPS) is 19.1. The van der Waals surface area contributed by atoms with Crippen molar-refractivity contribution in [1.29, 1.82) is 0 Å². The van der Waals surface area contributed by atoms with E-state index in [1.54, 1.807) is 12.1 Å². The van der Waals surface area contributed by atoms with Gasteiger partial charge in [-0.2, -0.15) is 0 Å². The summed E-state index contributed by atoms with van der Waals surface area (Å²) in [6.07, 6.45) is 0. The molecule has 0 unspecified atom stereocenters. The largest absolute Gasteiger partial charge is 0.344 e. The van der Waals surface area contributed by atoms with Crippen LogP contribution in [-0.4, -0.2) is 13.2 Å². The number of nitrogens with zero attached hydrogens (tertiary/aromatic N) is 1. The minimum Gasteiger partial charge on any atom is -0.344 e. The molecule has 72 valence electrons. The van der Waals surface area contributed by atoms with Crippen LogP contribution in [0.1, 0.15) is 12.5 Å². The SMILES string of the molecule is [C-]#[N+]c1ccc(C2(C)OCCO2)cc1. The van der Waals surface area contributed by atoms with Crippen LogP contribution in [0.4, 0.5) is 5.69 Å². The Morgan fingerprint density at radius 1 is 1.21 bits per heavy atom. The lowest BCUT2D eigenvalue weighted by molar-refractivity contribution is -0.149. The molecular formula is C11H11NO2. The molecule has 3 heteroatoms. The number of hydrogen-bond acceptors (Lipinski definition) is 2. The zero-order valence-electron chi connectivity index (χ0n) is 7.99. The Morgan fingerprint density at radius 3 is 2.29 bits per heavy atom. The maximum absolute atomic E-state index is 6.83. The van der Waals surface area contributed by atoms with E-state index in [2.05, 4.69) is 4.85 Å². The van der Waals surface area contributed by atoms with Crippen LogP contribution in [0.15, 0.2) is 24.3 Å². The first kappa shape index (κ1) is 9.20. The predicted molar refractivity (Wildman–Crippen MR) is 52.0 cm³/mol. The lowest BCUT2D eigenvalue weighted by Crippen LogP contribution is -2.21. The fourth-order valence-electron chi connectivity index (χ4n) is 1.52. The van der Waals surface area contributed by atoms with E-state index in [-0.39, 0.29) is 0 Å². The summed E-state index contributed by atoms with van der Waals surface area (Å²) in [6, 6.07) is 7.30. The minimum absolute atomic E-state index is 0.624. The summed E-state index contributed by atoms with van der Waals surface area (Å²) in [5.74, 6) is -0.624. The molecule has 1 aliphatic rings. The Hall–Kier alpha value is -1.37. The monoisotopic (exact) mass is 189 g/mol. The topological polar surface area (TPSA) is 22.8 Å². The van der Waals surface area contributed by atoms with E-state index in [0.717, 1.165) is 5.56 Å². The highest BCUT2D eigenvalue weighted by Crippen LogP contribution is 2.31. The first-order valence-electron chi connectivity index (χ1n) is 4.50. The summed E-state index contributed by atoms with van der Waals surface area (Å²) >= 11 is 0. The van der Waals surface area contributed by atoms with Gasteiger partial charge in [0, 0.05) is 5.56 Å². The van der Waals surface area contributed by atoms with Gasteiger partial charge in [-0.3, -0.25) is 0 Å². The highest BCUT2D eigenvalue weighted by atomic mass is 16.7. The van der Waals surface area contributed by atoms with Crippen LogP contribution >= 0.6 is 0 Å². The molecule has 14 heavy (non-hydrogen) atoms. The van der Waals surface area contributed by atoms with Gasteiger partial charge in [-0.05, 0) is 6.92 Å². The van der Waals surface area contributed by atoms with Crippen LogP contribution in [0.2, 0.25) is 0 Å². The lowest BCUT2D eigenvalue weighted by atomic mass is 10.1. The van der Waals surface area contributed by atoms with Crippen LogP contribution in [0, 0.1) is 6.57 Å². The van der Waals surface area contributed by atoms with E-state index in [1.807, 2.05) is 19.1 Å². The second-order valence-electron chi connectivity index (χ2n) is 3.30. The first-order chi connectivity index (χ1) is 6.74. The van der Waals surface area contributed by atoms with E-state index in [9.17, 15) is 0 Å². The zero-order valence-corrected chi connectivity index (χ0v) is 7.99. The smallest absolute Gasteiger partial charge is 0.192 e. The average Bonchev–Trinajstić information content (AvgIpc) is 2.67. The molecule has 0 N–H and O–H groups in total.